The monoisotopic (exact) mass is 327 g/mol. The second-order valence-corrected chi connectivity index (χ2v) is 6.00. The Balaban J connectivity index is 0.00000176. The highest BCUT2D eigenvalue weighted by Gasteiger charge is 2.25. The second-order valence-electron chi connectivity index (χ2n) is 6.00. The summed E-state index contributed by atoms with van der Waals surface area (Å²) in [4.78, 5) is 25.1. The van der Waals surface area contributed by atoms with Crippen molar-refractivity contribution in [1.82, 2.24) is 9.13 Å². The molecule has 22 heavy (non-hydrogen) atoms. The minimum absolute atomic E-state index is 0. The minimum atomic E-state index is -0.615. The molecule has 1 aromatic carbocycles. The van der Waals surface area contributed by atoms with Gasteiger partial charge in [0.05, 0.1) is 16.6 Å². The minimum Gasteiger partial charge on any atom is -0.396 e. The molecular weight excluding hydrogens is 309 g/mol. The fraction of sp³-hybridized carbons (Fsp3) is 0.467. The van der Waals surface area contributed by atoms with E-state index in [2.05, 4.69) is 0 Å². The maximum atomic E-state index is 13.7. The number of hydrogen-bond acceptors (Lipinski definition) is 3. The summed E-state index contributed by atoms with van der Waals surface area (Å²) in [7, 11) is 0. The number of benzene rings is 1. The van der Waals surface area contributed by atoms with Crippen molar-refractivity contribution in [2.75, 3.05) is 5.73 Å². The molecule has 120 valence electrons. The number of anilines is 1. The van der Waals surface area contributed by atoms with Crippen LogP contribution in [-0.4, -0.2) is 9.13 Å². The highest BCUT2D eigenvalue weighted by Crippen LogP contribution is 2.30. The smallest absolute Gasteiger partial charge is 0.331 e. The van der Waals surface area contributed by atoms with Gasteiger partial charge in [-0.05, 0) is 38.7 Å². The number of nitrogens with two attached hydrogens (primary N) is 1. The van der Waals surface area contributed by atoms with E-state index in [9.17, 15) is 14.0 Å². The van der Waals surface area contributed by atoms with Gasteiger partial charge in [0.1, 0.15) is 5.82 Å². The first-order valence-corrected chi connectivity index (χ1v) is 7.14. The summed E-state index contributed by atoms with van der Waals surface area (Å²) < 4.78 is 16.4. The van der Waals surface area contributed by atoms with Gasteiger partial charge in [-0.1, -0.05) is 0 Å². The Kier molecular flexibility index (Phi) is 4.33. The number of nitrogen functional groups attached to an aromatic ring is 1. The van der Waals surface area contributed by atoms with E-state index in [4.69, 9.17) is 5.73 Å². The van der Waals surface area contributed by atoms with Gasteiger partial charge in [0.2, 0.25) is 0 Å². The molecule has 1 aliphatic rings. The lowest BCUT2D eigenvalue weighted by Crippen LogP contribution is -2.41. The van der Waals surface area contributed by atoms with Gasteiger partial charge < -0.3 is 5.73 Å². The van der Waals surface area contributed by atoms with Gasteiger partial charge in [-0.3, -0.25) is 13.9 Å². The fourth-order valence-electron chi connectivity index (χ4n) is 2.63. The molecule has 0 atom stereocenters. The van der Waals surface area contributed by atoms with Crippen LogP contribution in [0.2, 0.25) is 0 Å². The van der Waals surface area contributed by atoms with Crippen LogP contribution in [0.25, 0.3) is 10.9 Å². The molecule has 5 nitrogen and oxygen atoms in total. The predicted molar refractivity (Wildman–Crippen MR) is 87.2 cm³/mol. The summed E-state index contributed by atoms with van der Waals surface area (Å²) in [6.07, 6.45) is 2.08. The van der Waals surface area contributed by atoms with E-state index in [0.717, 1.165) is 12.8 Å². The zero-order valence-electron chi connectivity index (χ0n) is 12.5. The zero-order chi connectivity index (χ0) is 15.3. The molecule has 0 amide bonds. The third-order valence-corrected chi connectivity index (χ3v) is 3.94. The topological polar surface area (TPSA) is 70.0 Å². The van der Waals surface area contributed by atoms with Crippen molar-refractivity contribution >= 4 is 29.0 Å². The van der Waals surface area contributed by atoms with Crippen molar-refractivity contribution in [2.24, 2.45) is 5.92 Å². The maximum Gasteiger partial charge on any atom is 0.331 e. The molecule has 0 saturated heterocycles. The quantitative estimate of drug-likeness (QED) is 0.879. The van der Waals surface area contributed by atoms with Crippen LogP contribution in [0.5, 0.6) is 0 Å². The van der Waals surface area contributed by atoms with E-state index < -0.39 is 5.82 Å². The average molecular weight is 328 g/mol. The number of nitrogens with zero attached hydrogens (tertiary/aromatic N) is 2. The summed E-state index contributed by atoms with van der Waals surface area (Å²) in [5.41, 5.74) is 5.04. The molecule has 3 rings (SSSR count). The summed E-state index contributed by atoms with van der Waals surface area (Å²) >= 11 is 0. The Hall–Kier alpha value is -1.82. The molecule has 1 fully saturated rings. The zero-order valence-corrected chi connectivity index (χ0v) is 13.3. The second kappa shape index (κ2) is 5.76. The van der Waals surface area contributed by atoms with Crippen LogP contribution in [-0.2, 0) is 6.54 Å². The van der Waals surface area contributed by atoms with Gasteiger partial charge in [0, 0.05) is 18.7 Å². The van der Waals surface area contributed by atoms with Gasteiger partial charge in [0.15, 0.2) is 0 Å². The van der Waals surface area contributed by atoms with Crippen molar-refractivity contribution in [3.05, 3.63) is 38.8 Å². The number of fused-ring (bicyclic) bond motifs is 1. The van der Waals surface area contributed by atoms with E-state index in [1.807, 2.05) is 13.8 Å². The predicted octanol–water partition coefficient (Wildman–Crippen LogP) is 2.30. The molecular formula is C15H19ClFN3O2. The third kappa shape index (κ3) is 2.63. The average Bonchev–Trinajstić information content (AvgIpc) is 3.21. The van der Waals surface area contributed by atoms with Crippen LogP contribution in [0, 0.1) is 11.7 Å². The molecule has 0 aliphatic heterocycles. The van der Waals surface area contributed by atoms with Gasteiger partial charge in [-0.15, -0.1) is 12.4 Å². The van der Waals surface area contributed by atoms with Gasteiger partial charge in [0.25, 0.3) is 5.56 Å². The summed E-state index contributed by atoms with van der Waals surface area (Å²) in [5, 5.41) is 0.294. The first kappa shape index (κ1) is 16.5. The molecule has 1 aromatic heterocycles. The molecule has 0 bridgehead atoms. The Bertz CT molecular complexity index is 837. The van der Waals surface area contributed by atoms with E-state index in [1.165, 1.54) is 21.3 Å². The molecule has 0 unspecified atom stereocenters. The largest absolute Gasteiger partial charge is 0.396 e. The fourth-order valence-corrected chi connectivity index (χ4v) is 2.63. The van der Waals surface area contributed by atoms with Crippen LogP contribution in [0.15, 0.2) is 21.7 Å². The lowest BCUT2D eigenvalue weighted by Gasteiger charge is -2.17. The van der Waals surface area contributed by atoms with Crippen molar-refractivity contribution < 1.29 is 4.39 Å². The van der Waals surface area contributed by atoms with Crippen molar-refractivity contribution in [2.45, 2.75) is 39.3 Å². The van der Waals surface area contributed by atoms with Gasteiger partial charge in [-0.2, -0.15) is 0 Å². The van der Waals surface area contributed by atoms with Crippen molar-refractivity contribution in [3.63, 3.8) is 0 Å². The highest BCUT2D eigenvalue weighted by molar-refractivity contribution is 5.85. The Labute approximate surface area is 133 Å². The Morgan fingerprint density at radius 1 is 1.32 bits per heavy atom. The van der Waals surface area contributed by atoms with Crippen LogP contribution < -0.4 is 17.0 Å². The van der Waals surface area contributed by atoms with E-state index in [1.54, 1.807) is 0 Å². The van der Waals surface area contributed by atoms with Crippen molar-refractivity contribution in [1.29, 1.82) is 0 Å². The molecule has 1 heterocycles. The number of halogens is 2. The summed E-state index contributed by atoms with van der Waals surface area (Å²) in [6.45, 7) is 4.10. The summed E-state index contributed by atoms with van der Waals surface area (Å²) in [6, 6.07) is 2.33. The van der Waals surface area contributed by atoms with Gasteiger partial charge in [-0.25, -0.2) is 9.18 Å². The first-order valence-electron chi connectivity index (χ1n) is 7.14. The van der Waals surface area contributed by atoms with Crippen LogP contribution in [0.3, 0.4) is 0 Å². The molecule has 1 aliphatic carbocycles. The Morgan fingerprint density at radius 2 is 1.95 bits per heavy atom. The lowest BCUT2D eigenvalue weighted by atomic mass is 10.2. The summed E-state index contributed by atoms with van der Waals surface area (Å²) in [5.74, 6) is -0.220. The van der Waals surface area contributed by atoms with E-state index >= 15 is 0 Å². The third-order valence-electron chi connectivity index (χ3n) is 3.94. The van der Waals surface area contributed by atoms with Crippen molar-refractivity contribution in [3.8, 4) is 0 Å². The highest BCUT2D eigenvalue weighted by atomic mass is 35.5. The van der Waals surface area contributed by atoms with E-state index in [0.29, 0.717) is 23.4 Å². The maximum absolute atomic E-state index is 13.7. The molecule has 1 saturated carbocycles. The standard InChI is InChI=1S/C15H18FN3O2.ClH/c1-8(2)19-13-6-11(16)12(17)5-10(13)14(20)18(15(19)21)7-9-3-4-9;/h5-6,8-9H,3-4,7,17H2,1-2H3;1H. The molecule has 2 aromatic rings. The van der Waals surface area contributed by atoms with Crippen LogP contribution in [0.4, 0.5) is 10.1 Å². The Morgan fingerprint density at radius 3 is 2.50 bits per heavy atom. The lowest BCUT2D eigenvalue weighted by molar-refractivity contribution is 0.506. The number of aromatic nitrogens is 2. The molecule has 2 N–H and O–H groups in total. The molecule has 0 spiro atoms. The van der Waals surface area contributed by atoms with Gasteiger partial charge >= 0.3 is 5.69 Å². The first-order chi connectivity index (χ1) is 9.90. The SMILES string of the molecule is CC(C)n1c(=O)n(CC2CC2)c(=O)c2cc(N)c(F)cc21.Cl. The number of hydrogen-bond donors (Lipinski definition) is 1. The molecule has 0 radical (unpaired) electrons. The van der Waals surface area contributed by atoms with Crippen LogP contribution >= 0.6 is 12.4 Å². The van der Waals surface area contributed by atoms with E-state index in [-0.39, 0.29) is 35.4 Å². The normalized spacial score (nSPS) is 14.4. The molecule has 7 heteroatoms. The number of rotatable bonds is 3. The van der Waals surface area contributed by atoms with Crippen LogP contribution in [0.1, 0.15) is 32.7 Å².